The third-order valence-corrected chi connectivity index (χ3v) is 2.57. The van der Waals surface area contributed by atoms with Crippen LogP contribution in [0.3, 0.4) is 0 Å². The van der Waals surface area contributed by atoms with E-state index >= 15 is 0 Å². The Morgan fingerprint density at radius 2 is 2.04 bits per heavy atom. The summed E-state index contributed by atoms with van der Waals surface area (Å²) in [6.07, 6.45) is 3.95. The Labute approximate surface area is 132 Å². The maximum Gasteiger partial charge on any atom is 0.413 e. The van der Waals surface area contributed by atoms with Gasteiger partial charge < -0.3 is 14.5 Å². The molecule has 0 saturated heterocycles. The Balaban J connectivity index is 2.22. The van der Waals surface area contributed by atoms with E-state index in [1.54, 1.807) is 31.4 Å². The van der Waals surface area contributed by atoms with Crippen molar-refractivity contribution in [1.82, 2.24) is 14.4 Å². The van der Waals surface area contributed by atoms with Gasteiger partial charge in [0.2, 0.25) is 0 Å². The first kappa shape index (κ1) is 16.9. The zero-order valence-corrected chi connectivity index (χ0v) is 13.4. The van der Waals surface area contributed by atoms with Gasteiger partial charge in [0.15, 0.2) is 17.3 Å². The van der Waals surface area contributed by atoms with Crippen molar-refractivity contribution in [3.8, 4) is 0 Å². The first-order valence-electron chi connectivity index (χ1n) is 6.99. The number of hydrogen-bond donors (Lipinski definition) is 2. The fourth-order valence-electron chi connectivity index (χ4n) is 1.76. The van der Waals surface area contributed by atoms with E-state index in [4.69, 9.17) is 4.74 Å². The lowest BCUT2D eigenvalue weighted by atomic mass is 10.2. The molecule has 2 aromatic rings. The first-order valence-corrected chi connectivity index (χ1v) is 6.99. The van der Waals surface area contributed by atoms with Crippen LogP contribution in [0.1, 0.15) is 27.7 Å². The van der Waals surface area contributed by atoms with Gasteiger partial charge in [0.05, 0.1) is 12.7 Å². The number of carbonyl (C=O) groups excluding carboxylic acids is 1. The molecule has 23 heavy (non-hydrogen) atoms. The van der Waals surface area contributed by atoms with E-state index in [1.807, 2.05) is 0 Å². The van der Waals surface area contributed by atoms with Crippen LogP contribution in [0.15, 0.2) is 18.6 Å². The van der Waals surface area contributed by atoms with E-state index in [2.05, 4.69) is 20.6 Å². The number of halogens is 2. The lowest BCUT2D eigenvalue weighted by Crippen LogP contribution is -2.28. The number of nitrogens with one attached hydrogen (secondary N) is 2. The summed E-state index contributed by atoms with van der Waals surface area (Å²) >= 11 is 0. The molecule has 2 aromatic heterocycles. The zero-order valence-electron chi connectivity index (χ0n) is 13.4. The SMILES string of the molecule is CC(F)(F)CNc1nc(NC(=O)OC(C)(C)C)cn2ccnc12. The molecule has 2 heterocycles. The van der Waals surface area contributed by atoms with E-state index < -0.39 is 24.2 Å². The summed E-state index contributed by atoms with van der Waals surface area (Å²) < 4.78 is 32.7. The molecule has 0 fully saturated rings. The van der Waals surface area contributed by atoms with Crippen LogP contribution in [0.4, 0.5) is 25.2 Å². The molecule has 0 spiro atoms. The van der Waals surface area contributed by atoms with Crippen LogP contribution >= 0.6 is 0 Å². The van der Waals surface area contributed by atoms with Crippen molar-refractivity contribution in [1.29, 1.82) is 0 Å². The molecule has 9 heteroatoms. The first-order chi connectivity index (χ1) is 10.5. The summed E-state index contributed by atoms with van der Waals surface area (Å²) in [5.41, 5.74) is -0.280. The van der Waals surface area contributed by atoms with Crippen LogP contribution in [0.2, 0.25) is 0 Å². The van der Waals surface area contributed by atoms with Crippen LogP contribution < -0.4 is 10.6 Å². The Morgan fingerprint density at radius 1 is 1.35 bits per heavy atom. The maximum absolute atomic E-state index is 13.0. The van der Waals surface area contributed by atoms with Crippen molar-refractivity contribution >= 4 is 23.4 Å². The molecule has 0 radical (unpaired) electrons. The highest BCUT2D eigenvalue weighted by atomic mass is 19.3. The Morgan fingerprint density at radius 3 is 2.65 bits per heavy atom. The van der Waals surface area contributed by atoms with Gasteiger partial charge >= 0.3 is 6.09 Å². The third-order valence-electron chi connectivity index (χ3n) is 2.57. The van der Waals surface area contributed by atoms with Crippen LogP contribution in [-0.2, 0) is 4.74 Å². The van der Waals surface area contributed by atoms with Gasteiger partial charge in [-0.1, -0.05) is 0 Å². The van der Waals surface area contributed by atoms with Crippen LogP contribution in [0, 0.1) is 0 Å². The van der Waals surface area contributed by atoms with Crippen molar-refractivity contribution in [3.05, 3.63) is 18.6 Å². The molecule has 2 N–H and O–H groups in total. The summed E-state index contributed by atoms with van der Waals surface area (Å²) in [5.74, 6) is -2.60. The second-order valence-electron chi connectivity index (χ2n) is 6.18. The van der Waals surface area contributed by atoms with Gasteiger partial charge in [0.25, 0.3) is 5.92 Å². The molecule has 0 aliphatic carbocycles. The molecule has 0 saturated carbocycles. The predicted octanol–water partition coefficient (Wildman–Crippen LogP) is 3.14. The molecule has 0 bridgehead atoms. The van der Waals surface area contributed by atoms with Gasteiger partial charge in [-0.15, -0.1) is 0 Å². The minimum atomic E-state index is -2.90. The zero-order chi connectivity index (χ0) is 17.3. The average molecular weight is 327 g/mol. The highest BCUT2D eigenvalue weighted by Gasteiger charge is 2.22. The van der Waals surface area contributed by atoms with Gasteiger partial charge in [0.1, 0.15) is 5.60 Å². The molecule has 126 valence electrons. The monoisotopic (exact) mass is 327 g/mol. The highest BCUT2D eigenvalue weighted by molar-refractivity contribution is 5.84. The van der Waals surface area contributed by atoms with Gasteiger partial charge in [0, 0.05) is 19.3 Å². The third kappa shape index (κ3) is 5.04. The molecule has 0 aliphatic rings. The molecule has 0 aromatic carbocycles. The minimum Gasteiger partial charge on any atom is -0.444 e. The molecule has 0 atom stereocenters. The number of hydrogen-bond acceptors (Lipinski definition) is 5. The molecule has 7 nitrogen and oxygen atoms in total. The summed E-state index contributed by atoms with van der Waals surface area (Å²) in [6.45, 7) is 5.39. The van der Waals surface area contributed by atoms with Gasteiger partial charge in [-0.05, 0) is 20.8 Å². The maximum atomic E-state index is 13.0. The fraction of sp³-hybridized carbons (Fsp3) is 0.500. The number of carbonyl (C=O) groups is 1. The smallest absolute Gasteiger partial charge is 0.413 e. The van der Waals surface area contributed by atoms with Gasteiger partial charge in [-0.25, -0.2) is 23.5 Å². The number of ether oxygens (including phenoxy) is 1. The van der Waals surface area contributed by atoms with Crippen molar-refractivity contribution in [2.45, 2.75) is 39.2 Å². The quantitative estimate of drug-likeness (QED) is 0.902. The summed E-state index contributed by atoms with van der Waals surface area (Å²) in [6, 6.07) is 0. The minimum absolute atomic E-state index is 0.144. The van der Waals surface area contributed by atoms with Gasteiger partial charge in [-0.2, -0.15) is 0 Å². The second kappa shape index (κ2) is 5.98. The standard InChI is InChI=1S/C14H19F2N5O2/c1-13(2,3)23-12(22)20-9-7-21-6-5-17-11(21)10(19-9)18-8-14(4,15)16/h5-7H,8H2,1-4H3,(H,18,19)(H,20,22). The number of anilines is 2. The Bertz CT molecular complexity index is 703. The number of amides is 1. The van der Waals surface area contributed by atoms with E-state index in [-0.39, 0.29) is 11.6 Å². The summed E-state index contributed by atoms with van der Waals surface area (Å²) in [4.78, 5) is 19.9. The van der Waals surface area contributed by atoms with E-state index in [0.717, 1.165) is 6.92 Å². The number of nitrogens with zero attached hydrogens (tertiary/aromatic N) is 3. The Kier molecular flexibility index (Phi) is 4.39. The van der Waals surface area contributed by atoms with Crippen molar-refractivity contribution in [2.24, 2.45) is 0 Å². The second-order valence-corrected chi connectivity index (χ2v) is 6.18. The Hall–Kier alpha value is -2.45. The van der Waals surface area contributed by atoms with Crippen molar-refractivity contribution in [2.75, 3.05) is 17.2 Å². The molecule has 1 amide bonds. The van der Waals surface area contributed by atoms with Crippen molar-refractivity contribution < 1.29 is 18.3 Å². The van der Waals surface area contributed by atoms with Crippen LogP contribution in [-0.4, -0.2) is 38.5 Å². The summed E-state index contributed by atoms with van der Waals surface area (Å²) in [7, 11) is 0. The molecular weight excluding hydrogens is 308 g/mol. The van der Waals surface area contributed by atoms with Gasteiger partial charge in [-0.3, -0.25) is 5.32 Å². The number of aromatic nitrogens is 3. The van der Waals surface area contributed by atoms with Crippen LogP contribution in [0.5, 0.6) is 0 Å². The summed E-state index contributed by atoms with van der Waals surface area (Å²) in [5, 5.41) is 5.01. The number of rotatable bonds is 4. The number of fused-ring (bicyclic) bond motifs is 1. The van der Waals surface area contributed by atoms with Crippen LogP contribution in [0.25, 0.3) is 5.65 Å². The van der Waals surface area contributed by atoms with E-state index in [0.29, 0.717) is 5.65 Å². The largest absolute Gasteiger partial charge is 0.444 e. The lowest BCUT2D eigenvalue weighted by Gasteiger charge is -2.19. The lowest BCUT2D eigenvalue weighted by molar-refractivity contribution is 0.0366. The highest BCUT2D eigenvalue weighted by Crippen LogP contribution is 2.19. The molecule has 0 unspecified atom stereocenters. The fourth-order valence-corrected chi connectivity index (χ4v) is 1.76. The predicted molar refractivity (Wildman–Crippen MR) is 82.0 cm³/mol. The van der Waals surface area contributed by atoms with E-state index in [9.17, 15) is 13.6 Å². The average Bonchev–Trinajstić information content (AvgIpc) is 2.80. The number of alkyl halides is 2. The normalized spacial score (nSPS) is 12.3. The number of imidazole rings is 1. The molecular formula is C14H19F2N5O2. The van der Waals surface area contributed by atoms with Crippen molar-refractivity contribution in [3.63, 3.8) is 0 Å². The molecule has 0 aliphatic heterocycles. The topological polar surface area (TPSA) is 80.5 Å². The van der Waals surface area contributed by atoms with E-state index in [1.165, 1.54) is 12.4 Å². The molecule has 2 rings (SSSR count).